The number of amides is 3. The lowest BCUT2D eigenvalue weighted by Gasteiger charge is -2.33. The zero-order chi connectivity index (χ0) is 23.4. The van der Waals surface area contributed by atoms with Crippen molar-refractivity contribution in [2.75, 3.05) is 29.2 Å². The molecule has 0 aromatic heterocycles. The summed E-state index contributed by atoms with van der Waals surface area (Å²) < 4.78 is 11.0. The smallest absolute Gasteiger partial charge is 0.268 e. The molecular formula is C25H23N3O5. The molecule has 0 saturated carbocycles. The summed E-state index contributed by atoms with van der Waals surface area (Å²) in [6, 6.07) is 20.8. The second kappa shape index (κ2) is 9.44. The van der Waals surface area contributed by atoms with Gasteiger partial charge < -0.3 is 20.1 Å². The summed E-state index contributed by atoms with van der Waals surface area (Å²) in [7, 11) is 1.49. The minimum absolute atomic E-state index is 0.196. The van der Waals surface area contributed by atoms with Gasteiger partial charge in [0.15, 0.2) is 6.10 Å². The molecule has 3 amide bonds. The maximum Gasteiger partial charge on any atom is 0.268 e. The molecule has 3 aromatic rings. The van der Waals surface area contributed by atoms with E-state index in [2.05, 4.69) is 10.6 Å². The first kappa shape index (κ1) is 21.9. The summed E-state index contributed by atoms with van der Waals surface area (Å²) >= 11 is 0. The van der Waals surface area contributed by atoms with Crippen molar-refractivity contribution in [1.29, 1.82) is 0 Å². The molecule has 1 aliphatic heterocycles. The number of carbonyl (C=O) groups excluding carboxylic acids is 3. The Kier molecular flexibility index (Phi) is 6.26. The highest BCUT2D eigenvalue weighted by molar-refractivity contribution is 6.08. The number of ether oxygens (including phenoxy) is 2. The van der Waals surface area contributed by atoms with Crippen LogP contribution in [0.1, 0.15) is 17.3 Å². The third-order valence-electron chi connectivity index (χ3n) is 5.14. The summed E-state index contributed by atoms with van der Waals surface area (Å²) in [5, 5.41) is 5.59. The molecule has 1 aliphatic rings. The van der Waals surface area contributed by atoms with Crippen molar-refractivity contribution < 1.29 is 23.9 Å². The second-order valence-electron chi connectivity index (χ2n) is 7.44. The zero-order valence-corrected chi connectivity index (χ0v) is 18.2. The van der Waals surface area contributed by atoms with Crippen molar-refractivity contribution in [3.63, 3.8) is 0 Å². The fourth-order valence-electron chi connectivity index (χ4n) is 3.54. The van der Waals surface area contributed by atoms with Gasteiger partial charge in [-0.3, -0.25) is 19.3 Å². The van der Waals surface area contributed by atoms with E-state index in [0.29, 0.717) is 34.1 Å². The van der Waals surface area contributed by atoms with Gasteiger partial charge in [0, 0.05) is 11.4 Å². The van der Waals surface area contributed by atoms with E-state index in [0.717, 1.165) is 0 Å². The minimum Gasteiger partial charge on any atom is -0.496 e. The molecule has 2 N–H and O–H groups in total. The van der Waals surface area contributed by atoms with Gasteiger partial charge in [-0.1, -0.05) is 30.3 Å². The lowest BCUT2D eigenvalue weighted by molar-refractivity contribution is -0.127. The highest BCUT2D eigenvalue weighted by atomic mass is 16.5. The summed E-state index contributed by atoms with van der Waals surface area (Å²) in [5.74, 6) is -0.168. The Morgan fingerprint density at radius 3 is 2.45 bits per heavy atom. The van der Waals surface area contributed by atoms with Gasteiger partial charge in [0.2, 0.25) is 5.91 Å². The molecule has 0 radical (unpaired) electrons. The molecule has 0 fully saturated rings. The molecule has 33 heavy (non-hydrogen) atoms. The van der Waals surface area contributed by atoms with Crippen LogP contribution in [0.4, 0.5) is 17.1 Å². The summed E-state index contributed by atoms with van der Waals surface area (Å²) in [6.45, 7) is 1.43. The Morgan fingerprint density at radius 1 is 0.970 bits per heavy atom. The number of anilines is 3. The number of carbonyl (C=O) groups is 3. The highest BCUT2D eigenvalue weighted by Gasteiger charge is 2.33. The Labute approximate surface area is 191 Å². The lowest BCUT2D eigenvalue weighted by Crippen LogP contribution is -2.47. The molecule has 1 heterocycles. The summed E-state index contributed by atoms with van der Waals surface area (Å²) in [5.41, 5.74) is 1.86. The van der Waals surface area contributed by atoms with E-state index in [9.17, 15) is 14.4 Å². The molecule has 8 nitrogen and oxygen atoms in total. The van der Waals surface area contributed by atoms with Crippen LogP contribution in [0, 0.1) is 0 Å². The predicted molar refractivity (Wildman–Crippen MR) is 125 cm³/mol. The van der Waals surface area contributed by atoms with Crippen molar-refractivity contribution in [2.24, 2.45) is 0 Å². The molecule has 1 unspecified atom stereocenters. The van der Waals surface area contributed by atoms with Crippen LogP contribution in [0.5, 0.6) is 11.5 Å². The van der Waals surface area contributed by atoms with Gasteiger partial charge in [-0.25, -0.2) is 0 Å². The Hall–Kier alpha value is -4.33. The number of nitrogens with one attached hydrogen (secondary N) is 2. The molecule has 0 bridgehead atoms. The highest BCUT2D eigenvalue weighted by Crippen LogP contribution is 2.36. The lowest BCUT2D eigenvalue weighted by atomic mass is 10.1. The van der Waals surface area contributed by atoms with E-state index in [4.69, 9.17) is 9.47 Å². The van der Waals surface area contributed by atoms with Crippen molar-refractivity contribution in [3.8, 4) is 11.5 Å². The maximum absolute atomic E-state index is 12.8. The number of para-hydroxylation sites is 2. The van der Waals surface area contributed by atoms with E-state index in [1.165, 1.54) is 12.0 Å². The molecule has 0 spiro atoms. The van der Waals surface area contributed by atoms with Crippen molar-refractivity contribution >= 4 is 34.8 Å². The number of hydrogen-bond acceptors (Lipinski definition) is 5. The van der Waals surface area contributed by atoms with Crippen LogP contribution < -0.4 is 25.0 Å². The van der Waals surface area contributed by atoms with Gasteiger partial charge in [-0.2, -0.15) is 0 Å². The number of methoxy groups -OCH3 is 1. The number of hydrogen-bond donors (Lipinski definition) is 2. The zero-order valence-electron chi connectivity index (χ0n) is 18.2. The topological polar surface area (TPSA) is 97.0 Å². The molecular weight excluding hydrogens is 422 g/mol. The number of benzene rings is 3. The average Bonchev–Trinajstić information content (AvgIpc) is 2.83. The third kappa shape index (κ3) is 4.79. The molecule has 0 saturated heterocycles. The van der Waals surface area contributed by atoms with Crippen LogP contribution in [0.2, 0.25) is 0 Å². The summed E-state index contributed by atoms with van der Waals surface area (Å²) in [4.78, 5) is 39.6. The molecule has 4 rings (SSSR count). The fourth-order valence-corrected chi connectivity index (χ4v) is 3.54. The first-order valence-corrected chi connectivity index (χ1v) is 10.4. The predicted octanol–water partition coefficient (Wildman–Crippen LogP) is 3.70. The number of rotatable bonds is 6. The molecule has 8 heteroatoms. The quantitative estimate of drug-likeness (QED) is 0.603. The van der Waals surface area contributed by atoms with E-state index in [1.807, 2.05) is 18.2 Å². The van der Waals surface area contributed by atoms with Crippen LogP contribution in [0.15, 0.2) is 72.8 Å². The number of nitrogens with zero attached hydrogens (tertiary/aromatic N) is 1. The summed E-state index contributed by atoms with van der Waals surface area (Å²) in [6.07, 6.45) is -0.740. The first-order chi connectivity index (χ1) is 16.0. The van der Waals surface area contributed by atoms with Crippen molar-refractivity contribution in [3.05, 3.63) is 78.4 Å². The largest absolute Gasteiger partial charge is 0.496 e. The standard InChI is InChI=1S/C25H23N3O5/c1-16-25(31)28(15-23(29)26-17-8-4-3-5-9-17)20-14-18(12-13-22(20)33-16)27-24(30)19-10-6-7-11-21(19)32-2/h3-14,16H,15H2,1-2H3,(H,26,29)(H,27,30). The Morgan fingerprint density at radius 2 is 1.70 bits per heavy atom. The molecule has 3 aromatic carbocycles. The van der Waals surface area contributed by atoms with Gasteiger partial charge in [0.25, 0.3) is 11.8 Å². The van der Waals surface area contributed by atoms with E-state index >= 15 is 0 Å². The van der Waals surface area contributed by atoms with Crippen LogP contribution >= 0.6 is 0 Å². The van der Waals surface area contributed by atoms with E-state index in [1.54, 1.807) is 61.5 Å². The van der Waals surface area contributed by atoms with E-state index < -0.39 is 6.10 Å². The van der Waals surface area contributed by atoms with Gasteiger partial charge >= 0.3 is 0 Å². The molecule has 1 atom stereocenters. The SMILES string of the molecule is COc1ccccc1C(=O)Nc1ccc2c(c1)N(CC(=O)Nc1ccccc1)C(=O)C(C)O2. The van der Waals surface area contributed by atoms with Gasteiger partial charge in [-0.05, 0) is 49.4 Å². The van der Waals surface area contributed by atoms with Crippen LogP contribution in [0.25, 0.3) is 0 Å². The fraction of sp³-hybridized carbons (Fsp3) is 0.160. The van der Waals surface area contributed by atoms with Crippen LogP contribution in [0.3, 0.4) is 0 Å². The average molecular weight is 445 g/mol. The minimum atomic E-state index is -0.740. The van der Waals surface area contributed by atoms with E-state index in [-0.39, 0.29) is 24.3 Å². The van der Waals surface area contributed by atoms with Crippen LogP contribution in [-0.4, -0.2) is 37.5 Å². The van der Waals surface area contributed by atoms with Crippen molar-refractivity contribution in [1.82, 2.24) is 0 Å². The number of fused-ring (bicyclic) bond motifs is 1. The normalized spacial score (nSPS) is 14.7. The molecule has 0 aliphatic carbocycles. The van der Waals surface area contributed by atoms with Gasteiger partial charge in [0.1, 0.15) is 18.0 Å². The Balaban J connectivity index is 1.57. The maximum atomic E-state index is 12.8. The van der Waals surface area contributed by atoms with Crippen LogP contribution in [-0.2, 0) is 9.59 Å². The monoisotopic (exact) mass is 445 g/mol. The second-order valence-corrected chi connectivity index (χ2v) is 7.44. The first-order valence-electron chi connectivity index (χ1n) is 10.4. The third-order valence-corrected chi connectivity index (χ3v) is 5.14. The van der Waals surface area contributed by atoms with Crippen molar-refractivity contribution in [2.45, 2.75) is 13.0 Å². The Bertz CT molecular complexity index is 1200. The molecule has 168 valence electrons. The van der Waals surface area contributed by atoms with Gasteiger partial charge in [0.05, 0.1) is 18.4 Å². The van der Waals surface area contributed by atoms with Gasteiger partial charge in [-0.15, -0.1) is 0 Å².